The summed E-state index contributed by atoms with van der Waals surface area (Å²) in [6.07, 6.45) is 8.85. The molecular weight excluding hydrogens is 228 g/mol. The average Bonchev–Trinajstić information content (AvgIpc) is 2.89. The van der Waals surface area contributed by atoms with Crippen LogP contribution in [0.3, 0.4) is 0 Å². The van der Waals surface area contributed by atoms with E-state index in [2.05, 4.69) is 20.9 Å². The number of unbranched alkanes of at least 4 members (excludes halogenated alkanes) is 1. The zero-order valence-corrected chi connectivity index (χ0v) is 10.8. The highest BCUT2D eigenvalue weighted by Gasteiger charge is 2.20. The van der Waals surface area contributed by atoms with Crippen LogP contribution in [0.2, 0.25) is 0 Å². The number of aromatic nitrogens is 2. The van der Waals surface area contributed by atoms with E-state index in [9.17, 15) is 4.79 Å². The van der Waals surface area contributed by atoms with Gasteiger partial charge < -0.3 is 15.4 Å². The van der Waals surface area contributed by atoms with Crippen LogP contribution in [-0.2, 0) is 11.3 Å². The molecule has 0 atom stereocenters. The molecule has 2 rings (SSSR count). The fourth-order valence-electron chi connectivity index (χ4n) is 2.49. The van der Waals surface area contributed by atoms with Gasteiger partial charge in [0.05, 0.1) is 12.2 Å². The van der Waals surface area contributed by atoms with E-state index in [1.807, 2.05) is 6.20 Å². The second-order valence-corrected chi connectivity index (χ2v) is 4.91. The van der Waals surface area contributed by atoms with Crippen molar-refractivity contribution in [3.63, 3.8) is 0 Å². The van der Waals surface area contributed by atoms with E-state index in [1.165, 1.54) is 0 Å². The molecule has 0 unspecified atom stereocenters. The van der Waals surface area contributed by atoms with Crippen molar-refractivity contribution in [1.82, 2.24) is 14.7 Å². The Labute approximate surface area is 108 Å². The molecule has 1 aromatic heterocycles. The highest BCUT2D eigenvalue weighted by molar-refractivity contribution is 5.48. The van der Waals surface area contributed by atoms with Crippen molar-refractivity contribution < 1.29 is 4.79 Å². The maximum Gasteiger partial charge on any atom is 0.120 e. The minimum absolute atomic E-state index is 0.507. The molecule has 0 saturated carbocycles. The lowest BCUT2D eigenvalue weighted by atomic mass is 10.0. The number of hydrogen-bond donors (Lipinski definition) is 1. The molecule has 0 spiro atoms. The van der Waals surface area contributed by atoms with Crippen molar-refractivity contribution in [2.75, 3.05) is 19.6 Å². The molecule has 1 aliphatic heterocycles. The summed E-state index contributed by atoms with van der Waals surface area (Å²) in [7, 11) is 0. The lowest BCUT2D eigenvalue weighted by molar-refractivity contribution is -0.108. The normalized spacial score (nSPS) is 18.1. The predicted octanol–water partition coefficient (Wildman–Crippen LogP) is 0.958. The number of aldehydes is 1. The third kappa shape index (κ3) is 3.40. The maximum absolute atomic E-state index is 10.3. The smallest absolute Gasteiger partial charge is 0.120 e. The Balaban J connectivity index is 1.77. The van der Waals surface area contributed by atoms with E-state index in [4.69, 9.17) is 5.73 Å². The second kappa shape index (κ2) is 6.66. The Bertz CT molecular complexity index is 369. The zero-order chi connectivity index (χ0) is 12.8. The first-order valence-electron chi connectivity index (χ1n) is 6.72. The monoisotopic (exact) mass is 250 g/mol. The lowest BCUT2D eigenvalue weighted by Crippen LogP contribution is -2.35. The van der Waals surface area contributed by atoms with Crippen molar-refractivity contribution in [3.8, 4) is 0 Å². The van der Waals surface area contributed by atoms with E-state index in [-0.39, 0.29) is 0 Å². The van der Waals surface area contributed by atoms with Crippen LogP contribution < -0.4 is 5.73 Å². The summed E-state index contributed by atoms with van der Waals surface area (Å²) in [6.45, 7) is 3.80. The number of nitrogens with two attached hydrogens (primary N) is 1. The van der Waals surface area contributed by atoms with Crippen molar-refractivity contribution >= 4 is 6.29 Å². The van der Waals surface area contributed by atoms with E-state index < -0.39 is 0 Å². The molecule has 1 fully saturated rings. The molecule has 1 aromatic rings. The second-order valence-electron chi connectivity index (χ2n) is 4.91. The highest BCUT2D eigenvalue weighted by atomic mass is 16.1. The van der Waals surface area contributed by atoms with E-state index in [0.717, 1.165) is 50.7 Å². The summed E-state index contributed by atoms with van der Waals surface area (Å²) >= 11 is 0. The van der Waals surface area contributed by atoms with Crippen LogP contribution in [0.25, 0.3) is 0 Å². The summed E-state index contributed by atoms with van der Waals surface area (Å²) in [5, 5.41) is 4.38. The standard InChI is InChI=1S/C13H22N4O/c14-9-12-10-15-17(11-12)13-3-6-16(7-4-13)5-1-2-8-18/h8,10-11,13H,1-7,9,14H2. The number of piperidine rings is 1. The van der Waals surface area contributed by atoms with Crippen molar-refractivity contribution in [2.24, 2.45) is 5.73 Å². The zero-order valence-electron chi connectivity index (χ0n) is 10.8. The van der Waals surface area contributed by atoms with Gasteiger partial charge in [0.15, 0.2) is 0 Å². The van der Waals surface area contributed by atoms with Crippen LogP contribution in [0.15, 0.2) is 12.4 Å². The van der Waals surface area contributed by atoms with Gasteiger partial charge in [0.1, 0.15) is 6.29 Å². The molecule has 0 radical (unpaired) electrons. The SMILES string of the molecule is NCc1cnn(C2CCN(CCCC=O)CC2)c1. The molecule has 1 aliphatic rings. The topological polar surface area (TPSA) is 64.2 Å². The Hall–Kier alpha value is -1.20. The average molecular weight is 250 g/mol. The van der Waals surface area contributed by atoms with E-state index in [1.54, 1.807) is 0 Å². The molecule has 2 N–H and O–H groups in total. The van der Waals surface area contributed by atoms with Gasteiger partial charge in [0.25, 0.3) is 0 Å². The number of hydrogen-bond acceptors (Lipinski definition) is 4. The minimum Gasteiger partial charge on any atom is -0.326 e. The van der Waals surface area contributed by atoms with Gasteiger partial charge in [-0.15, -0.1) is 0 Å². The van der Waals surface area contributed by atoms with E-state index in [0.29, 0.717) is 19.0 Å². The first-order chi connectivity index (χ1) is 8.83. The van der Waals surface area contributed by atoms with Gasteiger partial charge in [0.2, 0.25) is 0 Å². The number of likely N-dealkylation sites (tertiary alicyclic amines) is 1. The van der Waals surface area contributed by atoms with Gasteiger partial charge in [-0.1, -0.05) is 0 Å². The molecule has 100 valence electrons. The number of carbonyl (C=O) groups excluding carboxylic acids is 1. The molecule has 0 aromatic carbocycles. The van der Waals surface area contributed by atoms with Crippen LogP contribution in [0.1, 0.15) is 37.3 Å². The highest BCUT2D eigenvalue weighted by Crippen LogP contribution is 2.22. The molecule has 1 saturated heterocycles. The van der Waals surface area contributed by atoms with Gasteiger partial charge in [-0.05, 0) is 25.8 Å². The molecule has 18 heavy (non-hydrogen) atoms. The van der Waals surface area contributed by atoms with Crippen molar-refractivity contribution in [1.29, 1.82) is 0 Å². The summed E-state index contributed by atoms with van der Waals surface area (Å²) in [6, 6.07) is 0.507. The van der Waals surface area contributed by atoms with Gasteiger partial charge in [-0.3, -0.25) is 4.68 Å². The lowest BCUT2D eigenvalue weighted by Gasteiger charge is -2.31. The molecule has 0 amide bonds. The molecule has 2 heterocycles. The fraction of sp³-hybridized carbons (Fsp3) is 0.692. The fourth-order valence-corrected chi connectivity index (χ4v) is 2.49. The van der Waals surface area contributed by atoms with Crippen LogP contribution in [0.5, 0.6) is 0 Å². The molecule has 5 heteroatoms. The maximum atomic E-state index is 10.3. The summed E-state index contributed by atoms with van der Waals surface area (Å²) in [5.74, 6) is 0. The Kier molecular flexibility index (Phi) is 4.90. The number of carbonyl (C=O) groups is 1. The summed E-state index contributed by atoms with van der Waals surface area (Å²) in [5.41, 5.74) is 6.69. The first-order valence-corrected chi connectivity index (χ1v) is 6.72. The first kappa shape index (κ1) is 13.2. The number of nitrogens with zero attached hydrogens (tertiary/aromatic N) is 3. The predicted molar refractivity (Wildman–Crippen MR) is 70.1 cm³/mol. The van der Waals surface area contributed by atoms with Gasteiger partial charge in [0, 0.05) is 37.8 Å². The quantitative estimate of drug-likeness (QED) is 0.603. The molecule has 5 nitrogen and oxygen atoms in total. The summed E-state index contributed by atoms with van der Waals surface area (Å²) < 4.78 is 2.06. The third-order valence-electron chi connectivity index (χ3n) is 3.62. The van der Waals surface area contributed by atoms with Gasteiger partial charge in [-0.2, -0.15) is 5.10 Å². The molecular formula is C13H22N4O. The van der Waals surface area contributed by atoms with Crippen LogP contribution in [0.4, 0.5) is 0 Å². The van der Waals surface area contributed by atoms with Crippen LogP contribution in [0, 0.1) is 0 Å². The van der Waals surface area contributed by atoms with Crippen molar-refractivity contribution in [2.45, 2.75) is 38.3 Å². The molecule has 0 aliphatic carbocycles. The van der Waals surface area contributed by atoms with Crippen molar-refractivity contribution in [3.05, 3.63) is 18.0 Å². The summed E-state index contributed by atoms with van der Waals surface area (Å²) in [4.78, 5) is 12.7. The van der Waals surface area contributed by atoms with Gasteiger partial charge in [-0.25, -0.2) is 0 Å². The number of rotatable bonds is 6. The van der Waals surface area contributed by atoms with Gasteiger partial charge >= 0.3 is 0 Å². The minimum atomic E-state index is 0.507. The largest absolute Gasteiger partial charge is 0.326 e. The van der Waals surface area contributed by atoms with E-state index >= 15 is 0 Å². The Morgan fingerprint density at radius 1 is 1.44 bits per heavy atom. The Morgan fingerprint density at radius 3 is 2.83 bits per heavy atom. The molecule has 0 bridgehead atoms. The van der Waals surface area contributed by atoms with Crippen LogP contribution >= 0.6 is 0 Å². The van der Waals surface area contributed by atoms with Crippen LogP contribution in [-0.4, -0.2) is 40.6 Å². The third-order valence-corrected chi connectivity index (χ3v) is 3.62. The Morgan fingerprint density at radius 2 is 2.22 bits per heavy atom.